The van der Waals surface area contributed by atoms with Gasteiger partial charge in [-0.25, -0.2) is 0 Å². The van der Waals surface area contributed by atoms with Crippen LogP contribution in [-0.2, 0) is 13.2 Å². The summed E-state index contributed by atoms with van der Waals surface area (Å²) < 4.78 is 5.85. The molecule has 2 aromatic carbocycles. The molecular formula is C16H19NO. The predicted molar refractivity (Wildman–Crippen MR) is 74.6 cm³/mol. The van der Waals surface area contributed by atoms with Crippen LogP contribution in [0.5, 0.6) is 5.75 Å². The summed E-state index contributed by atoms with van der Waals surface area (Å²) in [4.78, 5) is 0. The van der Waals surface area contributed by atoms with Crippen LogP contribution in [0.1, 0.15) is 22.3 Å². The monoisotopic (exact) mass is 241 g/mol. The van der Waals surface area contributed by atoms with Gasteiger partial charge in [-0.2, -0.15) is 0 Å². The van der Waals surface area contributed by atoms with Crippen molar-refractivity contribution in [1.29, 1.82) is 0 Å². The van der Waals surface area contributed by atoms with Crippen LogP contribution >= 0.6 is 0 Å². The van der Waals surface area contributed by atoms with Gasteiger partial charge in [0, 0.05) is 6.54 Å². The Balaban J connectivity index is 2.09. The third-order valence-corrected chi connectivity index (χ3v) is 3.12. The Morgan fingerprint density at radius 3 is 2.44 bits per heavy atom. The van der Waals surface area contributed by atoms with Crippen molar-refractivity contribution in [3.05, 3.63) is 64.7 Å². The Morgan fingerprint density at radius 1 is 1.00 bits per heavy atom. The van der Waals surface area contributed by atoms with Crippen LogP contribution in [-0.4, -0.2) is 0 Å². The van der Waals surface area contributed by atoms with Crippen LogP contribution in [0.15, 0.2) is 42.5 Å². The molecule has 0 saturated heterocycles. The Hall–Kier alpha value is -1.80. The van der Waals surface area contributed by atoms with E-state index in [1.165, 1.54) is 11.1 Å². The van der Waals surface area contributed by atoms with Crippen molar-refractivity contribution in [3.63, 3.8) is 0 Å². The van der Waals surface area contributed by atoms with E-state index in [1.54, 1.807) is 0 Å². The molecule has 2 rings (SSSR count). The van der Waals surface area contributed by atoms with E-state index in [2.05, 4.69) is 38.1 Å². The topological polar surface area (TPSA) is 35.2 Å². The molecule has 0 bridgehead atoms. The second kappa shape index (κ2) is 5.69. The highest BCUT2D eigenvalue weighted by Gasteiger charge is 2.02. The molecule has 18 heavy (non-hydrogen) atoms. The van der Waals surface area contributed by atoms with Crippen LogP contribution in [0.25, 0.3) is 0 Å². The Bertz CT molecular complexity index is 534. The lowest BCUT2D eigenvalue weighted by molar-refractivity contribution is 0.303. The maximum atomic E-state index is 5.85. The van der Waals surface area contributed by atoms with Crippen molar-refractivity contribution in [3.8, 4) is 5.75 Å². The summed E-state index contributed by atoms with van der Waals surface area (Å²) in [5.74, 6) is 0.944. The average molecular weight is 241 g/mol. The van der Waals surface area contributed by atoms with Crippen LogP contribution < -0.4 is 10.5 Å². The summed E-state index contributed by atoms with van der Waals surface area (Å²) in [7, 11) is 0. The molecule has 0 aliphatic rings. The number of nitrogens with two attached hydrogens (primary N) is 1. The smallest absolute Gasteiger partial charge is 0.122 e. The summed E-state index contributed by atoms with van der Waals surface area (Å²) in [5.41, 5.74) is 10.4. The van der Waals surface area contributed by atoms with Crippen molar-refractivity contribution in [2.75, 3.05) is 0 Å². The molecule has 0 saturated carbocycles. The summed E-state index contributed by atoms with van der Waals surface area (Å²) in [6.45, 7) is 5.33. The van der Waals surface area contributed by atoms with E-state index >= 15 is 0 Å². The number of hydrogen-bond acceptors (Lipinski definition) is 2. The van der Waals surface area contributed by atoms with Crippen molar-refractivity contribution in [2.24, 2.45) is 5.73 Å². The Morgan fingerprint density at radius 2 is 1.78 bits per heavy atom. The van der Waals surface area contributed by atoms with Gasteiger partial charge in [-0.3, -0.25) is 0 Å². The minimum absolute atomic E-state index is 0.583. The maximum Gasteiger partial charge on any atom is 0.122 e. The second-order valence-corrected chi connectivity index (χ2v) is 4.52. The lowest BCUT2D eigenvalue weighted by Gasteiger charge is -2.11. The molecule has 0 heterocycles. The molecule has 2 aromatic rings. The quantitative estimate of drug-likeness (QED) is 0.891. The van der Waals surface area contributed by atoms with Gasteiger partial charge in [0.2, 0.25) is 0 Å². The molecule has 0 spiro atoms. The fourth-order valence-corrected chi connectivity index (χ4v) is 1.92. The zero-order valence-electron chi connectivity index (χ0n) is 10.9. The molecule has 0 amide bonds. The van der Waals surface area contributed by atoms with E-state index in [9.17, 15) is 0 Å². The molecule has 94 valence electrons. The van der Waals surface area contributed by atoms with Gasteiger partial charge in [-0.15, -0.1) is 0 Å². The van der Waals surface area contributed by atoms with E-state index in [0.29, 0.717) is 13.2 Å². The van der Waals surface area contributed by atoms with Crippen molar-refractivity contribution < 1.29 is 4.74 Å². The van der Waals surface area contributed by atoms with Gasteiger partial charge in [0.15, 0.2) is 0 Å². The third-order valence-electron chi connectivity index (χ3n) is 3.12. The van der Waals surface area contributed by atoms with Crippen LogP contribution in [0.3, 0.4) is 0 Å². The standard InChI is InChI=1S/C16H19NO/c1-12-5-3-4-6-16(12)18-11-15-8-7-14(10-17)9-13(15)2/h3-9H,10-11,17H2,1-2H3. The predicted octanol–water partition coefficient (Wildman–Crippen LogP) is 3.34. The highest BCUT2D eigenvalue weighted by atomic mass is 16.5. The van der Waals surface area contributed by atoms with Crippen molar-refractivity contribution in [2.45, 2.75) is 27.0 Å². The summed E-state index contributed by atoms with van der Waals surface area (Å²) in [5, 5.41) is 0. The van der Waals surface area contributed by atoms with Gasteiger partial charge < -0.3 is 10.5 Å². The van der Waals surface area contributed by atoms with Gasteiger partial charge in [0.25, 0.3) is 0 Å². The largest absolute Gasteiger partial charge is 0.489 e. The van der Waals surface area contributed by atoms with Crippen LogP contribution in [0.4, 0.5) is 0 Å². The van der Waals surface area contributed by atoms with E-state index in [-0.39, 0.29) is 0 Å². The first-order valence-electron chi connectivity index (χ1n) is 6.17. The fourth-order valence-electron chi connectivity index (χ4n) is 1.92. The normalized spacial score (nSPS) is 10.4. The Labute approximate surface area is 108 Å². The molecule has 0 radical (unpaired) electrons. The van der Waals surface area contributed by atoms with Crippen LogP contribution in [0.2, 0.25) is 0 Å². The molecule has 0 aromatic heterocycles. The van der Waals surface area contributed by atoms with Gasteiger partial charge in [-0.1, -0.05) is 36.4 Å². The molecular weight excluding hydrogens is 222 g/mol. The number of ether oxygens (including phenoxy) is 1. The average Bonchev–Trinajstić information content (AvgIpc) is 2.39. The third kappa shape index (κ3) is 2.90. The summed E-state index contributed by atoms with van der Waals surface area (Å²) in [6, 6.07) is 14.3. The molecule has 2 N–H and O–H groups in total. The van der Waals surface area contributed by atoms with Gasteiger partial charge in [0.1, 0.15) is 12.4 Å². The number of hydrogen-bond donors (Lipinski definition) is 1. The zero-order valence-corrected chi connectivity index (χ0v) is 10.9. The zero-order chi connectivity index (χ0) is 13.0. The maximum absolute atomic E-state index is 5.85. The lowest BCUT2D eigenvalue weighted by atomic mass is 10.1. The Kier molecular flexibility index (Phi) is 4.00. The molecule has 0 fully saturated rings. The summed E-state index contributed by atoms with van der Waals surface area (Å²) in [6.07, 6.45) is 0. The van der Waals surface area contributed by atoms with Crippen molar-refractivity contribution in [1.82, 2.24) is 0 Å². The van der Waals surface area contributed by atoms with Crippen molar-refractivity contribution >= 4 is 0 Å². The van der Waals surface area contributed by atoms with E-state index in [4.69, 9.17) is 10.5 Å². The highest BCUT2D eigenvalue weighted by molar-refractivity contribution is 5.34. The first-order chi connectivity index (χ1) is 8.70. The molecule has 0 aliphatic carbocycles. The highest BCUT2D eigenvalue weighted by Crippen LogP contribution is 2.19. The van der Waals surface area contributed by atoms with Gasteiger partial charge in [-0.05, 0) is 42.2 Å². The molecule has 0 atom stereocenters. The van der Waals surface area contributed by atoms with E-state index in [0.717, 1.165) is 16.9 Å². The molecule has 2 nitrogen and oxygen atoms in total. The molecule has 0 aliphatic heterocycles. The number of benzene rings is 2. The minimum Gasteiger partial charge on any atom is -0.489 e. The van der Waals surface area contributed by atoms with Gasteiger partial charge in [0.05, 0.1) is 0 Å². The van der Waals surface area contributed by atoms with E-state index in [1.807, 2.05) is 18.2 Å². The molecule has 0 unspecified atom stereocenters. The number of rotatable bonds is 4. The van der Waals surface area contributed by atoms with Crippen LogP contribution in [0, 0.1) is 13.8 Å². The lowest BCUT2D eigenvalue weighted by Crippen LogP contribution is -2.02. The fraction of sp³-hybridized carbons (Fsp3) is 0.250. The first-order valence-corrected chi connectivity index (χ1v) is 6.17. The minimum atomic E-state index is 0.583. The second-order valence-electron chi connectivity index (χ2n) is 4.52. The van der Waals surface area contributed by atoms with Gasteiger partial charge >= 0.3 is 0 Å². The summed E-state index contributed by atoms with van der Waals surface area (Å²) >= 11 is 0. The molecule has 2 heteroatoms. The number of para-hydroxylation sites is 1. The number of aryl methyl sites for hydroxylation is 2. The first kappa shape index (κ1) is 12.7. The SMILES string of the molecule is Cc1cc(CN)ccc1COc1ccccc1C. The van der Waals surface area contributed by atoms with E-state index < -0.39 is 0 Å².